The van der Waals surface area contributed by atoms with Crippen LogP contribution < -0.4 is 5.32 Å². The minimum atomic E-state index is -0.0976. The van der Waals surface area contributed by atoms with Crippen molar-refractivity contribution in [3.8, 4) is 0 Å². The minimum absolute atomic E-state index is 0.0937. The zero-order valence-corrected chi connectivity index (χ0v) is 16.2. The number of carbonyl (C=O) groups excluding carboxylic acids is 1. The predicted molar refractivity (Wildman–Crippen MR) is 105 cm³/mol. The SMILES string of the molecule is O=C([C@@H]1CCCN1C1CCNCC1)N1CCC(Cc2ccccc2F)CC1. The van der Waals surface area contributed by atoms with E-state index in [-0.39, 0.29) is 11.9 Å². The van der Waals surface area contributed by atoms with Gasteiger partial charge in [0, 0.05) is 19.1 Å². The lowest BCUT2D eigenvalue weighted by Gasteiger charge is -2.39. The van der Waals surface area contributed by atoms with Crippen molar-refractivity contribution in [3.05, 3.63) is 35.6 Å². The average molecular weight is 374 g/mol. The van der Waals surface area contributed by atoms with E-state index in [1.54, 1.807) is 12.1 Å². The van der Waals surface area contributed by atoms with Crippen LogP contribution in [0.4, 0.5) is 4.39 Å². The van der Waals surface area contributed by atoms with Gasteiger partial charge >= 0.3 is 0 Å². The molecular weight excluding hydrogens is 341 g/mol. The Morgan fingerprint density at radius 2 is 1.78 bits per heavy atom. The molecule has 5 heteroatoms. The van der Waals surface area contributed by atoms with Gasteiger partial charge in [0.1, 0.15) is 5.82 Å². The van der Waals surface area contributed by atoms with Crippen LogP contribution >= 0.6 is 0 Å². The van der Waals surface area contributed by atoms with Crippen molar-refractivity contribution >= 4 is 5.91 Å². The van der Waals surface area contributed by atoms with E-state index in [0.29, 0.717) is 17.9 Å². The smallest absolute Gasteiger partial charge is 0.239 e. The number of amides is 1. The monoisotopic (exact) mass is 373 g/mol. The van der Waals surface area contributed by atoms with Crippen LogP contribution in [0.2, 0.25) is 0 Å². The van der Waals surface area contributed by atoms with Crippen molar-refractivity contribution in [3.63, 3.8) is 0 Å². The first-order chi connectivity index (χ1) is 13.2. The predicted octanol–water partition coefficient (Wildman–Crippen LogP) is 2.82. The van der Waals surface area contributed by atoms with Gasteiger partial charge in [-0.25, -0.2) is 4.39 Å². The topological polar surface area (TPSA) is 35.6 Å². The van der Waals surface area contributed by atoms with Gasteiger partial charge in [-0.15, -0.1) is 0 Å². The van der Waals surface area contributed by atoms with Crippen molar-refractivity contribution in [2.24, 2.45) is 5.92 Å². The Bertz CT molecular complexity index is 638. The van der Waals surface area contributed by atoms with E-state index in [9.17, 15) is 9.18 Å². The molecule has 4 rings (SSSR count). The number of carbonyl (C=O) groups is 1. The number of benzene rings is 1. The van der Waals surface area contributed by atoms with E-state index < -0.39 is 0 Å². The second-order valence-corrected chi connectivity index (χ2v) is 8.44. The summed E-state index contributed by atoms with van der Waals surface area (Å²) in [5, 5.41) is 3.43. The minimum Gasteiger partial charge on any atom is -0.341 e. The van der Waals surface area contributed by atoms with Crippen LogP contribution in [0.1, 0.15) is 44.1 Å². The molecule has 148 valence electrons. The van der Waals surface area contributed by atoms with Crippen LogP contribution in [0, 0.1) is 11.7 Å². The van der Waals surface area contributed by atoms with Crippen molar-refractivity contribution < 1.29 is 9.18 Å². The van der Waals surface area contributed by atoms with Crippen LogP contribution in [0.25, 0.3) is 0 Å². The third-order valence-electron chi connectivity index (χ3n) is 6.75. The Morgan fingerprint density at radius 1 is 1.04 bits per heavy atom. The largest absolute Gasteiger partial charge is 0.341 e. The molecule has 1 aromatic carbocycles. The first kappa shape index (κ1) is 18.9. The van der Waals surface area contributed by atoms with Crippen molar-refractivity contribution in [1.29, 1.82) is 0 Å². The highest BCUT2D eigenvalue weighted by Crippen LogP contribution is 2.28. The van der Waals surface area contributed by atoms with Gasteiger partial charge in [0.2, 0.25) is 5.91 Å². The molecule has 0 bridgehead atoms. The number of nitrogens with zero attached hydrogens (tertiary/aromatic N) is 2. The lowest BCUT2D eigenvalue weighted by atomic mass is 9.89. The van der Waals surface area contributed by atoms with Gasteiger partial charge in [-0.05, 0) is 82.1 Å². The molecule has 0 aromatic heterocycles. The van der Waals surface area contributed by atoms with E-state index in [1.165, 1.54) is 0 Å². The molecule has 1 amide bonds. The Kier molecular flexibility index (Phi) is 6.08. The standard InChI is InChI=1S/C22H32FN3O/c23-20-5-2-1-4-18(20)16-17-9-14-25(15-10-17)22(27)21-6-3-13-26(21)19-7-11-24-12-8-19/h1-2,4-5,17,19,21,24H,3,6-16H2/t21-/m0/s1. The first-order valence-corrected chi connectivity index (χ1v) is 10.7. The van der Waals surface area contributed by atoms with Gasteiger partial charge in [-0.3, -0.25) is 9.69 Å². The number of rotatable bonds is 4. The fourth-order valence-corrected chi connectivity index (χ4v) is 5.17. The molecular formula is C22H32FN3O. The maximum atomic E-state index is 13.9. The molecule has 0 saturated carbocycles. The summed E-state index contributed by atoms with van der Waals surface area (Å²) in [5.41, 5.74) is 0.815. The molecule has 0 radical (unpaired) electrons. The number of halogens is 1. The van der Waals surface area contributed by atoms with Gasteiger partial charge in [0.05, 0.1) is 6.04 Å². The molecule has 1 aromatic rings. The van der Waals surface area contributed by atoms with E-state index in [0.717, 1.165) is 83.2 Å². The van der Waals surface area contributed by atoms with Crippen molar-refractivity contribution in [2.75, 3.05) is 32.7 Å². The van der Waals surface area contributed by atoms with E-state index in [2.05, 4.69) is 15.1 Å². The highest BCUT2D eigenvalue weighted by Gasteiger charge is 2.38. The lowest BCUT2D eigenvalue weighted by molar-refractivity contribution is -0.138. The maximum Gasteiger partial charge on any atom is 0.239 e. The number of likely N-dealkylation sites (tertiary alicyclic amines) is 2. The summed E-state index contributed by atoms with van der Waals surface area (Å²) in [6.07, 6.45) is 7.24. The van der Waals surface area contributed by atoms with Gasteiger partial charge in [0.15, 0.2) is 0 Å². The molecule has 1 atom stereocenters. The molecule has 4 nitrogen and oxygen atoms in total. The van der Waals surface area contributed by atoms with Gasteiger partial charge < -0.3 is 10.2 Å². The first-order valence-electron chi connectivity index (χ1n) is 10.7. The average Bonchev–Trinajstić information content (AvgIpc) is 3.20. The van der Waals surface area contributed by atoms with E-state index in [4.69, 9.17) is 0 Å². The number of nitrogens with one attached hydrogen (secondary N) is 1. The third-order valence-corrected chi connectivity index (χ3v) is 6.75. The zero-order valence-electron chi connectivity index (χ0n) is 16.2. The normalized spacial score (nSPS) is 25.8. The van der Waals surface area contributed by atoms with Crippen LogP contribution in [-0.2, 0) is 11.2 Å². The van der Waals surface area contributed by atoms with Crippen LogP contribution in [-0.4, -0.2) is 60.5 Å². The number of piperidine rings is 2. The fraction of sp³-hybridized carbons (Fsp3) is 0.682. The molecule has 1 N–H and O–H groups in total. The van der Waals surface area contributed by atoms with Crippen LogP contribution in [0.3, 0.4) is 0 Å². The molecule has 0 spiro atoms. The summed E-state index contributed by atoms with van der Waals surface area (Å²) in [5.74, 6) is 0.727. The highest BCUT2D eigenvalue weighted by molar-refractivity contribution is 5.82. The zero-order chi connectivity index (χ0) is 18.6. The van der Waals surface area contributed by atoms with Crippen molar-refractivity contribution in [1.82, 2.24) is 15.1 Å². The lowest BCUT2D eigenvalue weighted by Crippen LogP contribution is -2.53. The van der Waals surface area contributed by atoms with Crippen LogP contribution in [0.5, 0.6) is 0 Å². The molecule has 3 aliphatic heterocycles. The highest BCUT2D eigenvalue weighted by atomic mass is 19.1. The Balaban J connectivity index is 1.31. The summed E-state index contributed by atoms with van der Waals surface area (Å²) >= 11 is 0. The summed E-state index contributed by atoms with van der Waals surface area (Å²) in [6.45, 7) is 4.88. The Morgan fingerprint density at radius 3 is 2.52 bits per heavy atom. The summed E-state index contributed by atoms with van der Waals surface area (Å²) < 4.78 is 13.9. The Hall–Kier alpha value is -1.46. The molecule has 3 heterocycles. The summed E-state index contributed by atoms with van der Waals surface area (Å²) in [6, 6.07) is 7.76. The molecule has 0 unspecified atom stereocenters. The molecule has 3 fully saturated rings. The quantitative estimate of drug-likeness (QED) is 0.882. The number of hydrogen-bond donors (Lipinski definition) is 1. The van der Waals surface area contributed by atoms with Gasteiger partial charge in [-0.1, -0.05) is 18.2 Å². The Labute approximate surface area is 162 Å². The number of hydrogen-bond acceptors (Lipinski definition) is 3. The molecule has 0 aliphatic carbocycles. The summed E-state index contributed by atoms with van der Waals surface area (Å²) in [4.78, 5) is 17.8. The third kappa shape index (κ3) is 4.35. The second-order valence-electron chi connectivity index (χ2n) is 8.44. The van der Waals surface area contributed by atoms with Crippen LogP contribution in [0.15, 0.2) is 24.3 Å². The van der Waals surface area contributed by atoms with Crippen molar-refractivity contribution in [2.45, 2.75) is 57.0 Å². The molecule has 27 heavy (non-hydrogen) atoms. The summed E-state index contributed by atoms with van der Waals surface area (Å²) in [7, 11) is 0. The van der Waals surface area contributed by atoms with Gasteiger partial charge in [0.25, 0.3) is 0 Å². The van der Waals surface area contributed by atoms with E-state index >= 15 is 0 Å². The second kappa shape index (κ2) is 8.70. The van der Waals surface area contributed by atoms with Gasteiger partial charge in [-0.2, -0.15) is 0 Å². The molecule has 3 saturated heterocycles. The maximum absolute atomic E-state index is 13.9. The van der Waals surface area contributed by atoms with E-state index in [1.807, 2.05) is 12.1 Å². The fourth-order valence-electron chi connectivity index (χ4n) is 5.17. The molecule has 3 aliphatic rings.